The summed E-state index contributed by atoms with van der Waals surface area (Å²) in [6, 6.07) is 12.7. The number of hydrogen-bond donors (Lipinski definition) is 3. The zero-order valence-electron chi connectivity index (χ0n) is 14.2. The highest BCUT2D eigenvalue weighted by Crippen LogP contribution is 2.18. The Morgan fingerprint density at radius 3 is 2.74 bits per heavy atom. The third kappa shape index (κ3) is 3.58. The minimum absolute atomic E-state index is 0.256. The molecule has 0 bridgehead atoms. The summed E-state index contributed by atoms with van der Waals surface area (Å²) in [5.41, 5.74) is 7.44. The summed E-state index contributed by atoms with van der Waals surface area (Å²) in [5.74, 6) is 1.56. The van der Waals surface area contributed by atoms with E-state index in [0.29, 0.717) is 35.3 Å². The smallest absolute Gasteiger partial charge is 0.258 e. The maximum absolute atomic E-state index is 12.4. The molecule has 0 aliphatic heterocycles. The third-order valence-electron chi connectivity index (χ3n) is 3.85. The van der Waals surface area contributed by atoms with Crippen LogP contribution in [-0.2, 0) is 6.54 Å². The number of pyridine rings is 1. The van der Waals surface area contributed by atoms with Crippen molar-refractivity contribution in [2.24, 2.45) is 5.73 Å². The molecule has 0 fully saturated rings. The molecule has 0 spiro atoms. The van der Waals surface area contributed by atoms with E-state index in [2.05, 4.69) is 30.6 Å². The van der Waals surface area contributed by atoms with Gasteiger partial charge in [-0.15, -0.1) is 0 Å². The van der Waals surface area contributed by atoms with Crippen LogP contribution >= 0.6 is 0 Å². The van der Waals surface area contributed by atoms with E-state index in [1.54, 1.807) is 29.2 Å². The first-order valence-corrected chi connectivity index (χ1v) is 8.22. The van der Waals surface area contributed by atoms with E-state index in [-0.39, 0.29) is 5.91 Å². The van der Waals surface area contributed by atoms with Crippen LogP contribution in [0.2, 0.25) is 0 Å². The second-order valence-electron chi connectivity index (χ2n) is 5.70. The highest BCUT2D eigenvalue weighted by atomic mass is 16.1. The van der Waals surface area contributed by atoms with Gasteiger partial charge in [-0.2, -0.15) is 10.2 Å². The Kier molecular flexibility index (Phi) is 4.42. The molecule has 3 heterocycles. The normalized spacial score (nSPS) is 10.7. The van der Waals surface area contributed by atoms with Crippen LogP contribution in [0.4, 0.5) is 5.69 Å². The largest absolute Gasteiger partial charge is 0.324 e. The molecule has 4 rings (SSSR count). The molecule has 1 aromatic carbocycles. The number of H-pyrrole nitrogens is 1. The Bertz CT molecular complexity index is 1050. The summed E-state index contributed by atoms with van der Waals surface area (Å²) in [6.45, 7) is 0.299. The van der Waals surface area contributed by atoms with Gasteiger partial charge in [-0.25, -0.2) is 14.6 Å². The van der Waals surface area contributed by atoms with Crippen molar-refractivity contribution in [3.63, 3.8) is 0 Å². The van der Waals surface area contributed by atoms with Gasteiger partial charge in [-0.1, -0.05) is 6.07 Å². The predicted octanol–water partition coefficient (Wildman–Crippen LogP) is 1.76. The number of benzene rings is 1. The number of nitrogens with one attached hydrogen (secondary N) is 2. The van der Waals surface area contributed by atoms with E-state index in [0.717, 1.165) is 5.56 Å². The maximum atomic E-state index is 12.4. The molecule has 4 N–H and O–H groups in total. The molecule has 0 aliphatic rings. The van der Waals surface area contributed by atoms with Crippen molar-refractivity contribution >= 4 is 11.6 Å². The molecular formula is C18H16N8O. The molecule has 0 radical (unpaired) electrons. The lowest BCUT2D eigenvalue weighted by molar-refractivity contribution is 0.102. The second-order valence-corrected chi connectivity index (χ2v) is 5.70. The number of aromatic nitrogens is 6. The van der Waals surface area contributed by atoms with Gasteiger partial charge >= 0.3 is 0 Å². The molecular weight excluding hydrogens is 344 g/mol. The van der Waals surface area contributed by atoms with Crippen LogP contribution in [0.1, 0.15) is 16.2 Å². The summed E-state index contributed by atoms with van der Waals surface area (Å²) < 4.78 is 1.55. The highest BCUT2D eigenvalue weighted by Gasteiger charge is 2.11. The number of carbonyl (C=O) groups is 1. The van der Waals surface area contributed by atoms with Crippen molar-refractivity contribution in [1.82, 2.24) is 29.9 Å². The average Bonchev–Trinajstić information content (AvgIpc) is 3.39. The van der Waals surface area contributed by atoms with Crippen molar-refractivity contribution < 1.29 is 4.79 Å². The minimum Gasteiger partial charge on any atom is -0.324 e. The van der Waals surface area contributed by atoms with Crippen molar-refractivity contribution in [3.05, 3.63) is 72.4 Å². The van der Waals surface area contributed by atoms with E-state index < -0.39 is 0 Å². The number of anilines is 1. The monoisotopic (exact) mass is 360 g/mol. The molecule has 0 unspecified atom stereocenters. The summed E-state index contributed by atoms with van der Waals surface area (Å²) in [5, 5.41) is 13.9. The third-order valence-corrected chi connectivity index (χ3v) is 3.85. The van der Waals surface area contributed by atoms with Gasteiger partial charge in [-0.05, 0) is 36.4 Å². The van der Waals surface area contributed by atoms with Crippen molar-refractivity contribution in [2.45, 2.75) is 6.54 Å². The van der Waals surface area contributed by atoms with E-state index in [1.807, 2.05) is 30.3 Å². The molecule has 1 amide bonds. The Balaban J connectivity index is 1.46. The van der Waals surface area contributed by atoms with Gasteiger partial charge in [0.25, 0.3) is 5.91 Å². The van der Waals surface area contributed by atoms with Crippen LogP contribution in [-0.4, -0.2) is 35.9 Å². The van der Waals surface area contributed by atoms with Crippen LogP contribution in [0.3, 0.4) is 0 Å². The topological polar surface area (TPSA) is 127 Å². The van der Waals surface area contributed by atoms with Crippen LogP contribution < -0.4 is 11.1 Å². The molecule has 9 nitrogen and oxygen atoms in total. The van der Waals surface area contributed by atoms with Gasteiger partial charge in [-0.3, -0.25) is 9.89 Å². The van der Waals surface area contributed by atoms with E-state index in [4.69, 9.17) is 5.73 Å². The van der Waals surface area contributed by atoms with Crippen LogP contribution in [0.5, 0.6) is 0 Å². The second kappa shape index (κ2) is 7.18. The molecule has 27 heavy (non-hydrogen) atoms. The first kappa shape index (κ1) is 16.6. The fourth-order valence-corrected chi connectivity index (χ4v) is 2.48. The zero-order chi connectivity index (χ0) is 18.6. The van der Waals surface area contributed by atoms with Crippen molar-refractivity contribution in [3.8, 4) is 17.2 Å². The van der Waals surface area contributed by atoms with Gasteiger partial charge in [0, 0.05) is 23.6 Å². The van der Waals surface area contributed by atoms with E-state index in [1.165, 1.54) is 6.20 Å². The summed E-state index contributed by atoms with van der Waals surface area (Å²) in [4.78, 5) is 20.9. The van der Waals surface area contributed by atoms with Gasteiger partial charge < -0.3 is 11.1 Å². The minimum atomic E-state index is -0.256. The lowest BCUT2D eigenvalue weighted by atomic mass is 10.2. The SMILES string of the molecule is NCc1nc(-c2ccc(NC(=O)c3cnn(-c4ccccn4)c3)cc2)n[nH]1. The molecule has 0 atom stereocenters. The molecule has 4 aromatic rings. The molecule has 9 heteroatoms. The molecule has 3 aromatic heterocycles. The number of rotatable bonds is 5. The Morgan fingerprint density at radius 2 is 2.04 bits per heavy atom. The summed E-state index contributed by atoms with van der Waals surface area (Å²) >= 11 is 0. The number of aromatic amines is 1. The summed E-state index contributed by atoms with van der Waals surface area (Å²) in [7, 11) is 0. The van der Waals surface area contributed by atoms with E-state index in [9.17, 15) is 4.79 Å². The van der Waals surface area contributed by atoms with Gasteiger partial charge in [0.15, 0.2) is 11.6 Å². The number of nitrogens with zero attached hydrogens (tertiary/aromatic N) is 5. The van der Waals surface area contributed by atoms with Crippen molar-refractivity contribution in [2.75, 3.05) is 5.32 Å². The fraction of sp³-hybridized carbons (Fsp3) is 0.0556. The lowest BCUT2D eigenvalue weighted by Gasteiger charge is -2.04. The standard InChI is InChI=1S/C18H16N8O/c19-9-15-23-17(25-24-15)12-4-6-14(7-5-12)22-18(27)13-10-21-26(11-13)16-3-1-2-8-20-16/h1-8,10-11H,9,19H2,(H,22,27)(H,23,24,25). The van der Waals surface area contributed by atoms with Crippen LogP contribution in [0.25, 0.3) is 17.2 Å². The summed E-state index contributed by atoms with van der Waals surface area (Å²) in [6.07, 6.45) is 4.80. The molecule has 134 valence electrons. The molecule has 0 saturated carbocycles. The van der Waals surface area contributed by atoms with Crippen LogP contribution in [0, 0.1) is 0 Å². The van der Waals surface area contributed by atoms with Crippen LogP contribution in [0.15, 0.2) is 61.1 Å². The maximum Gasteiger partial charge on any atom is 0.258 e. The Morgan fingerprint density at radius 1 is 1.19 bits per heavy atom. The average molecular weight is 360 g/mol. The predicted molar refractivity (Wildman–Crippen MR) is 99.0 cm³/mol. The lowest BCUT2D eigenvalue weighted by Crippen LogP contribution is -2.11. The van der Waals surface area contributed by atoms with Crippen molar-refractivity contribution in [1.29, 1.82) is 0 Å². The molecule has 0 aliphatic carbocycles. The highest BCUT2D eigenvalue weighted by molar-refractivity contribution is 6.04. The molecule has 0 saturated heterocycles. The van der Waals surface area contributed by atoms with Gasteiger partial charge in [0.1, 0.15) is 5.82 Å². The van der Waals surface area contributed by atoms with E-state index >= 15 is 0 Å². The van der Waals surface area contributed by atoms with Gasteiger partial charge in [0.05, 0.1) is 18.3 Å². The first-order valence-electron chi connectivity index (χ1n) is 8.22. The zero-order valence-corrected chi connectivity index (χ0v) is 14.2. The number of hydrogen-bond acceptors (Lipinski definition) is 6. The van der Waals surface area contributed by atoms with Gasteiger partial charge in [0.2, 0.25) is 0 Å². The quantitative estimate of drug-likeness (QED) is 0.498. The number of amides is 1. The Hall–Kier alpha value is -3.85. The Labute approximate surface area is 154 Å². The number of nitrogens with two attached hydrogens (primary N) is 1. The number of carbonyl (C=O) groups excluding carboxylic acids is 1. The fourth-order valence-electron chi connectivity index (χ4n) is 2.48. The first-order chi connectivity index (χ1) is 13.2.